The molecule has 0 N–H and O–H groups in total. The van der Waals surface area contributed by atoms with Gasteiger partial charge in [0.15, 0.2) is 0 Å². The first kappa shape index (κ1) is 13.7. The van der Waals surface area contributed by atoms with Gasteiger partial charge in [-0.3, -0.25) is 4.90 Å². The second-order valence-electron chi connectivity index (χ2n) is 4.61. The van der Waals surface area contributed by atoms with Gasteiger partial charge in [-0.1, -0.05) is 6.08 Å². The molecule has 1 saturated heterocycles. The lowest BCUT2D eigenvalue weighted by Crippen LogP contribution is -2.18. The van der Waals surface area contributed by atoms with Gasteiger partial charge in [-0.2, -0.15) is 0 Å². The van der Waals surface area contributed by atoms with Gasteiger partial charge in [0.1, 0.15) is 0 Å². The van der Waals surface area contributed by atoms with Crippen molar-refractivity contribution in [2.75, 3.05) is 26.7 Å². The van der Waals surface area contributed by atoms with Gasteiger partial charge in [0.2, 0.25) is 0 Å². The minimum absolute atomic E-state index is 0.0417. The van der Waals surface area contributed by atoms with E-state index in [0.29, 0.717) is 0 Å². The molecule has 2 heteroatoms. The quantitative estimate of drug-likeness (QED) is 0.634. The largest absolute Gasteiger partial charge is 0.379 e. The predicted octanol–water partition coefficient (Wildman–Crippen LogP) is 2.70. The molecule has 0 unspecified atom stereocenters. The fraction of sp³-hybridized carbons (Fsp3) is 0.833. The first-order valence-corrected chi connectivity index (χ1v) is 5.38. The fourth-order valence-corrected chi connectivity index (χ4v) is 1.15. The van der Waals surface area contributed by atoms with Crippen molar-refractivity contribution in [1.82, 2.24) is 4.90 Å². The van der Waals surface area contributed by atoms with E-state index in [0.717, 1.165) is 6.54 Å². The average Bonchev–Trinajstić information content (AvgIpc) is 2.58. The zero-order valence-corrected chi connectivity index (χ0v) is 10.2. The maximum Gasteiger partial charge on any atom is 0.0594 e. The van der Waals surface area contributed by atoms with Gasteiger partial charge in [0.25, 0.3) is 0 Å². The molecule has 0 amide bonds. The van der Waals surface area contributed by atoms with Gasteiger partial charge in [0.05, 0.1) is 5.60 Å². The molecule has 1 heterocycles. The van der Waals surface area contributed by atoms with Crippen LogP contribution in [0.5, 0.6) is 0 Å². The Morgan fingerprint density at radius 2 is 1.71 bits per heavy atom. The van der Waals surface area contributed by atoms with Crippen LogP contribution < -0.4 is 0 Å². The summed E-state index contributed by atoms with van der Waals surface area (Å²) in [4.78, 5) is 2.42. The SMILES string of the molecule is C=CCN1CCCC1.COC(C)(C)C. The Hall–Kier alpha value is -0.340. The smallest absolute Gasteiger partial charge is 0.0594 e. The van der Waals surface area contributed by atoms with Crippen molar-refractivity contribution in [1.29, 1.82) is 0 Å². The number of hydrogen-bond acceptors (Lipinski definition) is 2. The van der Waals surface area contributed by atoms with Gasteiger partial charge in [-0.25, -0.2) is 0 Å². The van der Waals surface area contributed by atoms with Crippen LogP contribution >= 0.6 is 0 Å². The number of hydrogen-bond donors (Lipinski definition) is 0. The summed E-state index contributed by atoms with van der Waals surface area (Å²) in [5.74, 6) is 0. The molecule has 0 aromatic heterocycles. The third-order valence-electron chi connectivity index (χ3n) is 2.20. The molecule has 0 aromatic carbocycles. The summed E-state index contributed by atoms with van der Waals surface area (Å²) in [6.07, 6.45) is 4.74. The zero-order valence-electron chi connectivity index (χ0n) is 10.2. The van der Waals surface area contributed by atoms with Crippen LogP contribution in [0.3, 0.4) is 0 Å². The van der Waals surface area contributed by atoms with Crippen molar-refractivity contribution in [3.8, 4) is 0 Å². The van der Waals surface area contributed by atoms with Gasteiger partial charge >= 0.3 is 0 Å². The molecule has 2 nitrogen and oxygen atoms in total. The van der Waals surface area contributed by atoms with E-state index in [1.807, 2.05) is 26.8 Å². The van der Waals surface area contributed by atoms with Crippen LogP contribution in [0.4, 0.5) is 0 Å². The predicted molar refractivity (Wildman–Crippen MR) is 62.6 cm³/mol. The first-order chi connectivity index (χ1) is 6.49. The standard InChI is InChI=1S/C7H13N.C5H12O/c1-2-5-8-6-3-4-7-8;1-5(2,3)6-4/h2H,1,3-7H2;1-4H3. The van der Waals surface area contributed by atoms with Crippen molar-refractivity contribution in [2.45, 2.75) is 39.2 Å². The minimum Gasteiger partial charge on any atom is -0.379 e. The van der Waals surface area contributed by atoms with Gasteiger partial charge in [0, 0.05) is 13.7 Å². The summed E-state index contributed by atoms with van der Waals surface area (Å²) >= 11 is 0. The Kier molecular flexibility index (Phi) is 6.85. The third kappa shape index (κ3) is 8.27. The van der Waals surface area contributed by atoms with E-state index in [1.165, 1.54) is 25.9 Å². The Balaban J connectivity index is 0.000000255. The average molecular weight is 199 g/mol. The lowest BCUT2D eigenvalue weighted by atomic mass is 10.2. The lowest BCUT2D eigenvalue weighted by Gasteiger charge is -2.14. The second kappa shape index (κ2) is 7.02. The molecule has 84 valence electrons. The molecule has 0 radical (unpaired) electrons. The Bertz CT molecular complexity index is 143. The molecule has 1 fully saturated rings. The summed E-state index contributed by atoms with van der Waals surface area (Å²) in [5, 5.41) is 0. The van der Waals surface area contributed by atoms with E-state index in [4.69, 9.17) is 4.74 Å². The van der Waals surface area contributed by atoms with Crippen molar-refractivity contribution < 1.29 is 4.74 Å². The highest BCUT2D eigenvalue weighted by Gasteiger charge is 2.07. The van der Waals surface area contributed by atoms with Crippen molar-refractivity contribution >= 4 is 0 Å². The van der Waals surface area contributed by atoms with Crippen LogP contribution in [0, 0.1) is 0 Å². The number of likely N-dealkylation sites (tertiary alicyclic amines) is 1. The highest BCUT2D eigenvalue weighted by atomic mass is 16.5. The zero-order chi connectivity index (χ0) is 11.0. The Labute approximate surface area is 88.9 Å². The van der Waals surface area contributed by atoms with E-state index in [9.17, 15) is 0 Å². The molecule has 0 spiro atoms. The molecule has 1 aliphatic heterocycles. The maximum atomic E-state index is 4.94. The molecule has 0 bridgehead atoms. The number of rotatable bonds is 2. The van der Waals surface area contributed by atoms with Crippen LogP contribution in [0.2, 0.25) is 0 Å². The number of ether oxygens (including phenoxy) is 1. The first-order valence-electron chi connectivity index (χ1n) is 5.38. The van der Waals surface area contributed by atoms with Crippen LogP contribution in [0.1, 0.15) is 33.6 Å². The van der Waals surface area contributed by atoms with Gasteiger partial charge in [-0.15, -0.1) is 6.58 Å². The van der Waals surface area contributed by atoms with Gasteiger partial charge in [-0.05, 0) is 46.7 Å². The lowest BCUT2D eigenvalue weighted by molar-refractivity contribution is 0.0397. The fourth-order valence-electron chi connectivity index (χ4n) is 1.15. The highest BCUT2D eigenvalue weighted by molar-refractivity contribution is 4.76. The summed E-state index contributed by atoms with van der Waals surface area (Å²) in [6.45, 7) is 13.4. The molecular formula is C12H25NO. The summed E-state index contributed by atoms with van der Waals surface area (Å²) in [6, 6.07) is 0. The normalized spacial score (nSPS) is 17.4. The van der Waals surface area contributed by atoms with Crippen LogP contribution in [-0.4, -0.2) is 37.2 Å². The summed E-state index contributed by atoms with van der Waals surface area (Å²) in [5.41, 5.74) is 0.0417. The highest BCUT2D eigenvalue weighted by Crippen LogP contribution is 2.05. The molecule has 0 saturated carbocycles. The Morgan fingerprint density at radius 3 is 2.00 bits per heavy atom. The van der Waals surface area contributed by atoms with E-state index in [2.05, 4.69) is 11.5 Å². The van der Waals surface area contributed by atoms with Crippen molar-refractivity contribution in [3.63, 3.8) is 0 Å². The number of methoxy groups -OCH3 is 1. The molecule has 1 rings (SSSR count). The topological polar surface area (TPSA) is 12.5 Å². The van der Waals surface area contributed by atoms with E-state index in [1.54, 1.807) is 7.11 Å². The van der Waals surface area contributed by atoms with Crippen LogP contribution in [0.25, 0.3) is 0 Å². The monoisotopic (exact) mass is 199 g/mol. The van der Waals surface area contributed by atoms with E-state index >= 15 is 0 Å². The van der Waals surface area contributed by atoms with E-state index < -0.39 is 0 Å². The van der Waals surface area contributed by atoms with Crippen molar-refractivity contribution in [3.05, 3.63) is 12.7 Å². The minimum atomic E-state index is 0.0417. The number of nitrogens with zero attached hydrogens (tertiary/aromatic N) is 1. The molecule has 0 aromatic rings. The van der Waals surface area contributed by atoms with Crippen molar-refractivity contribution in [2.24, 2.45) is 0 Å². The van der Waals surface area contributed by atoms with Gasteiger partial charge < -0.3 is 4.74 Å². The molecule has 14 heavy (non-hydrogen) atoms. The summed E-state index contributed by atoms with van der Waals surface area (Å²) < 4.78 is 4.94. The Morgan fingerprint density at radius 1 is 1.29 bits per heavy atom. The van der Waals surface area contributed by atoms with E-state index in [-0.39, 0.29) is 5.60 Å². The summed E-state index contributed by atoms with van der Waals surface area (Å²) in [7, 11) is 1.71. The van der Waals surface area contributed by atoms with Crippen LogP contribution in [0.15, 0.2) is 12.7 Å². The molecule has 0 aliphatic carbocycles. The maximum absolute atomic E-state index is 4.94. The molecule has 1 aliphatic rings. The third-order valence-corrected chi connectivity index (χ3v) is 2.20. The second-order valence-corrected chi connectivity index (χ2v) is 4.61. The van der Waals surface area contributed by atoms with Crippen LogP contribution in [-0.2, 0) is 4.74 Å². The molecular weight excluding hydrogens is 174 g/mol. The molecule has 0 atom stereocenters.